The Kier molecular flexibility index (Phi) is 4.99. The van der Waals surface area contributed by atoms with Crippen LogP contribution in [-0.4, -0.2) is 17.5 Å². The van der Waals surface area contributed by atoms with Gasteiger partial charge in [0.15, 0.2) is 0 Å². The molecule has 4 heteroatoms. The van der Waals surface area contributed by atoms with E-state index in [9.17, 15) is 10.1 Å². The molecule has 1 aliphatic rings. The molecule has 1 saturated carbocycles. The van der Waals surface area contributed by atoms with Crippen molar-refractivity contribution in [2.45, 2.75) is 58.4 Å². The molecule has 0 saturated heterocycles. The van der Waals surface area contributed by atoms with E-state index in [2.05, 4.69) is 26.1 Å². The van der Waals surface area contributed by atoms with Gasteiger partial charge in [-0.3, -0.25) is 10.1 Å². The summed E-state index contributed by atoms with van der Waals surface area (Å²) in [6, 6.07) is 7.74. The summed E-state index contributed by atoms with van der Waals surface area (Å²) in [7, 11) is 0. The van der Waals surface area contributed by atoms with Gasteiger partial charge in [0.1, 0.15) is 0 Å². The van der Waals surface area contributed by atoms with Crippen molar-refractivity contribution in [3.63, 3.8) is 0 Å². The fourth-order valence-electron chi connectivity index (χ4n) is 3.92. The summed E-state index contributed by atoms with van der Waals surface area (Å²) < 4.78 is 0. The van der Waals surface area contributed by atoms with Crippen LogP contribution in [0.25, 0.3) is 0 Å². The minimum absolute atomic E-state index is 0.178. The molecular weight excluding hydrogens is 264 g/mol. The first kappa shape index (κ1) is 16.0. The quantitative estimate of drug-likeness (QED) is 0.603. The Morgan fingerprint density at radius 1 is 1.24 bits per heavy atom. The topological polar surface area (TPSA) is 55.2 Å². The highest BCUT2D eigenvalue weighted by Crippen LogP contribution is 2.57. The van der Waals surface area contributed by atoms with Crippen molar-refractivity contribution in [3.05, 3.63) is 39.9 Å². The maximum atomic E-state index is 10.8. The standard InChI is InChI=1S/C17H26N2O2/c1-4-11-18-16-12-15(17(16,5-2)6-3)13-7-9-14(10-8-13)19(20)21/h7-10,15-16,18H,4-6,11-12H2,1-3H3. The van der Waals surface area contributed by atoms with Crippen molar-refractivity contribution in [1.82, 2.24) is 5.32 Å². The van der Waals surface area contributed by atoms with Gasteiger partial charge in [-0.15, -0.1) is 0 Å². The van der Waals surface area contributed by atoms with Gasteiger partial charge in [0, 0.05) is 18.2 Å². The van der Waals surface area contributed by atoms with Crippen molar-refractivity contribution in [2.75, 3.05) is 6.54 Å². The molecule has 2 unspecified atom stereocenters. The second-order valence-electron chi connectivity index (χ2n) is 6.08. The Hall–Kier alpha value is -1.42. The molecule has 0 radical (unpaired) electrons. The van der Waals surface area contributed by atoms with Crippen molar-refractivity contribution < 1.29 is 4.92 Å². The van der Waals surface area contributed by atoms with Crippen LogP contribution in [-0.2, 0) is 0 Å². The first-order valence-corrected chi connectivity index (χ1v) is 8.06. The highest BCUT2D eigenvalue weighted by atomic mass is 16.6. The number of nitrogens with one attached hydrogen (secondary N) is 1. The van der Waals surface area contributed by atoms with Crippen LogP contribution < -0.4 is 5.32 Å². The summed E-state index contributed by atoms with van der Waals surface area (Å²) in [4.78, 5) is 10.4. The third-order valence-corrected chi connectivity index (χ3v) is 5.32. The normalized spacial score (nSPS) is 23.6. The van der Waals surface area contributed by atoms with Gasteiger partial charge in [0.25, 0.3) is 5.69 Å². The van der Waals surface area contributed by atoms with Crippen LogP contribution in [0.3, 0.4) is 0 Å². The van der Waals surface area contributed by atoms with E-state index in [-0.39, 0.29) is 10.6 Å². The summed E-state index contributed by atoms with van der Waals surface area (Å²) >= 11 is 0. The summed E-state index contributed by atoms with van der Waals surface area (Å²) in [6.07, 6.45) is 4.58. The lowest BCUT2D eigenvalue weighted by Gasteiger charge is -2.57. The Morgan fingerprint density at radius 2 is 1.86 bits per heavy atom. The lowest BCUT2D eigenvalue weighted by Crippen LogP contribution is -2.58. The minimum Gasteiger partial charge on any atom is -0.313 e. The fraction of sp³-hybridized carbons (Fsp3) is 0.647. The van der Waals surface area contributed by atoms with Crippen LogP contribution in [0, 0.1) is 15.5 Å². The highest BCUT2D eigenvalue weighted by Gasteiger charge is 2.52. The molecule has 1 aliphatic carbocycles. The number of hydrogen-bond acceptors (Lipinski definition) is 3. The van der Waals surface area contributed by atoms with E-state index in [4.69, 9.17) is 0 Å². The third kappa shape index (κ3) is 2.82. The van der Waals surface area contributed by atoms with Gasteiger partial charge in [0.2, 0.25) is 0 Å². The maximum absolute atomic E-state index is 10.8. The molecule has 1 N–H and O–H groups in total. The zero-order chi connectivity index (χ0) is 15.5. The van der Waals surface area contributed by atoms with Gasteiger partial charge in [-0.05, 0) is 49.1 Å². The van der Waals surface area contributed by atoms with Gasteiger partial charge in [-0.2, -0.15) is 0 Å². The van der Waals surface area contributed by atoms with Gasteiger partial charge < -0.3 is 5.32 Å². The number of nitro benzene ring substituents is 1. The van der Waals surface area contributed by atoms with Crippen LogP contribution in [0.5, 0.6) is 0 Å². The number of nitrogens with zero attached hydrogens (tertiary/aromatic N) is 1. The second-order valence-corrected chi connectivity index (χ2v) is 6.08. The van der Waals surface area contributed by atoms with E-state index in [1.165, 1.54) is 5.56 Å². The molecule has 4 nitrogen and oxygen atoms in total. The fourth-order valence-corrected chi connectivity index (χ4v) is 3.92. The Morgan fingerprint density at radius 3 is 2.33 bits per heavy atom. The molecule has 0 spiro atoms. The van der Waals surface area contributed by atoms with Gasteiger partial charge >= 0.3 is 0 Å². The summed E-state index contributed by atoms with van der Waals surface area (Å²) in [5.41, 5.74) is 1.72. The monoisotopic (exact) mass is 290 g/mol. The maximum Gasteiger partial charge on any atom is 0.269 e. The van der Waals surface area contributed by atoms with Gasteiger partial charge in [0.05, 0.1) is 4.92 Å². The molecule has 0 aliphatic heterocycles. The summed E-state index contributed by atoms with van der Waals surface area (Å²) in [5.74, 6) is 0.516. The first-order valence-electron chi connectivity index (χ1n) is 8.06. The zero-order valence-corrected chi connectivity index (χ0v) is 13.3. The number of non-ortho nitro benzene ring substituents is 1. The third-order valence-electron chi connectivity index (χ3n) is 5.32. The molecule has 116 valence electrons. The lowest BCUT2D eigenvalue weighted by molar-refractivity contribution is -0.384. The molecule has 0 aromatic heterocycles. The molecule has 21 heavy (non-hydrogen) atoms. The number of rotatable bonds is 7. The molecule has 1 aromatic rings. The zero-order valence-electron chi connectivity index (χ0n) is 13.3. The smallest absolute Gasteiger partial charge is 0.269 e. The second kappa shape index (κ2) is 6.56. The molecule has 1 aromatic carbocycles. The lowest BCUT2D eigenvalue weighted by atomic mass is 9.52. The van der Waals surface area contributed by atoms with E-state index in [0.717, 1.165) is 32.2 Å². The van der Waals surface area contributed by atoms with Crippen LogP contribution in [0.2, 0.25) is 0 Å². The Balaban J connectivity index is 2.17. The first-order chi connectivity index (χ1) is 10.1. The van der Waals surface area contributed by atoms with Crippen LogP contribution in [0.1, 0.15) is 57.9 Å². The van der Waals surface area contributed by atoms with E-state index < -0.39 is 0 Å². The van der Waals surface area contributed by atoms with Crippen molar-refractivity contribution in [1.29, 1.82) is 0 Å². The molecular formula is C17H26N2O2. The van der Waals surface area contributed by atoms with E-state index in [0.29, 0.717) is 17.4 Å². The molecule has 1 fully saturated rings. The Labute approximate surface area is 127 Å². The predicted molar refractivity (Wildman–Crippen MR) is 85.6 cm³/mol. The van der Waals surface area contributed by atoms with Crippen molar-refractivity contribution in [3.8, 4) is 0 Å². The largest absolute Gasteiger partial charge is 0.313 e. The highest BCUT2D eigenvalue weighted by molar-refractivity contribution is 5.37. The SMILES string of the molecule is CCCNC1CC(c2ccc([N+](=O)[O-])cc2)C1(CC)CC. The van der Waals surface area contributed by atoms with Crippen LogP contribution in [0.4, 0.5) is 5.69 Å². The molecule has 0 amide bonds. The van der Waals surface area contributed by atoms with Gasteiger partial charge in [-0.25, -0.2) is 0 Å². The average Bonchev–Trinajstić information content (AvgIpc) is 2.48. The van der Waals surface area contributed by atoms with E-state index in [1.54, 1.807) is 12.1 Å². The number of hydrogen-bond donors (Lipinski definition) is 1. The molecule has 0 bridgehead atoms. The van der Waals surface area contributed by atoms with Crippen LogP contribution >= 0.6 is 0 Å². The Bertz CT molecular complexity index is 480. The number of nitro groups is 1. The molecule has 0 heterocycles. The number of benzene rings is 1. The van der Waals surface area contributed by atoms with Crippen LogP contribution in [0.15, 0.2) is 24.3 Å². The summed E-state index contributed by atoms with van der Waals surface area (Å²) in [6.45, 7) is 7.79. The minimum atomic E-state index is -0.330. The van der Waals surface area contributed by atoms with Crippen molar-refractivity contribution in [2.24, 2.45) is 5.41 Å². The van der Waals surface area contributed by atoms with Crippen molar-refractivity contribution >= 4 is 5.69 Å². The van der Waals surface area contributed by atoms with E-state index >= 15 is 0 Å². The summed E-state index contributed by atoms with van der Waals surface area (Å²) in [5, 5.41) is 14.5. The average molecular weight is 290 g/mol. The molecule has 2 rings (SSSR count). The molecule has 2 atom stereocenters. The van der Waals surface area contributed by atoms with E-state index in [1.807, 2.05) is 12.1 Å². The predicted octanol–water partition coefficient (Wildman–Crippen LogP) is 4.26. The van der Waals surface area contributed by atoms with Gasteiger partial charge in [-0.1, -0.05) is 32.9 Å².